The molecule has 0 atom stereocenters. The number of nitrogens with zero attached hydrogens (tertiary/aromatic N) is 1. The Balaban J connectivity index is 1.87. The molecular formula is C15H13N3O2S. The maximum absolute atomic E-state index is 12.3. The van der Waals surface area contributed by atoms with Crippen molar-refractivity contribution in [1.82, 2.24) is 4.98 Å². The average Bonchev–Trinajstić information content (AvgIpc) is 2.86. The minimum Gasteiger partial charge on any atom is -0.481 e. The topological polar surface area (TPSA) is 77.2 Å². The van der Waals surface area contributed by atoms with Crippen LogP contribution in [-0.2, 0) is 0 Å². The van der Waals surface area contributed by atoms with E-state index in [0.29, 0.717) is 22.1 Å². The Morgan fingerprint density at radius 2 is 2.10 bits per heavy atom. The molecule has 2 aromatic heterocycles. The molecule has 0 aliphatic carbocycles. The first-order valence-electron chi connectivity index (χ1n) is 6.27. The van der Waals surface area contributed by atoms with Gasteiger partial charge in [-0.3, -0.25) is 4.79 Å². The summed E-state index contributed by atoms with van der Waals surface area (Å²) in [5.74, 6) is 0.259. The van der Waals surface area contributed by atoms with E-state index < -0.39 is 0 Å². The van der Waals surface area contributed by atoms with E-state index in [-0.39, 0.29) is 5.91 Å². The molecule has 2 heterocycles. The van der Waals surface area contributed by atoms with Gasteiger partial charge in [-0.1, -0.05) is 18.2 Å². The van der Waals surface area contributed by atoms with Gasteiger partial charge in [0, 0.05) is 16.2 Å². The van der Waals surface area contributed by atoms with Gasteiger partial charge in [-0.25, -0.2) is 4.98 Å². The molecule has 106 valence electrons. The number of benzene rings is 1. The molecule has 1 aromatic carbocycles. The Bertz CT molecular complexity index is 796. The molecule has 21 heavy (non-hydrogen) atoms. The molecule has 3 aromatic rings. The van der Waals surface area contributed by atoms with Crippen molar-refractivity contribution in [1.29, 1.82) is 0 Å². The van der Waals surface area contributed by atoms with Crippen LogP contribution in [0.3, 0.4) is 0 Å². The summed E-state index contributed by atoms with van der Waals surface area (Å²) in [4.78, 5) is 16.9. The lowest BCUT2D eigenvalue weighted by atomic mass is 10.2. The second kappa shape index (κ2) is 5.41. The van der Waals surface area contributed by atoms with Crippen molar-refractivity contribution in [2.75, 3.05) is 18.2 Å². The number of carbonyl (C=O) groups is 1. The average molecular weight is 299 g/mol. The number of hydrogen-bond donors (Lipinski definition) is 2. The third-order valence-corrected chi connectivity index (χ3v) is 4.23. The van der Waals surface area contributed by atoms with Crippen LogP contribution in [0, 0.1) is 0 Å². The zero-order valence-corrected chi connectivity index (χ0v) is 12.1. The quantitative estimate of drug-likeness (QED) is 0.779. The molecule has 0 radical (unpaired) electrons. The molecule has 6 heteroatoms. The van der Waals surface area contributed by atoms with E-state index in [0.717, 1.165) is 10.1 Å². The number of nitrogens with two attached hydrogens (primary N) is 1. The van der Waals surface area contributed by atoms with Crippen molar-refractivity contribution in [2.24, 2.45) is 0 Å². The smallest absolute Gasteiger partial charge is 0.267 e. The standard InChI is InChI=1S/C15H13N3O2S/c1-20-12-7-6-9(8-17-12)18-15(19)14-13(16)10-4-2-3-5-11(10)21-14/h2-8H,16H2,1H3,(H,18,19). The number of nitrogen functional groups attached to an aromatic ring is 1. The SMILES string of the molecule is COc1ccc(NC(=O)c2sc3ccccc3c2N)cn1. The molecule has 0 unspecified atom stereocenters. The van der Waals surface area contributed by atoms with Gasteiger partial charge in [0.05, 0.1) is 24.7 Å². The maximum Gasteiger partial charge on any atom is 0.267 e. The summed E-state index contributed by atoms with van der Waals surface area (Å²) in [7, 11) is 1.54. The van der Waals surface area contributed by atoms with Gasteiger partial charge in [-0.2, -0.15) is 0 Å². The fraction of sp³-hybridized carbons (Fsp3) is 0.0667. The number of ether oxygens (including phenoxy) is 1. The first kappa shape index (κ1) is 13.4. The van der Waals surface area contributed by atoms with Gasteiger partial charge in [0.15, 0.2) is 0 Å². The summed E-state index contributed by atoms with van der Waals surface area (Å²) in [6, 6.07) is 11.1. The Morgan fingerprint density at radius 1 is 1.29 bits per heavy atom. The zero-order chi connectivity index (χ0) is 14.8. The predicted molar refractivity (Wildman–Crippen MR) is 85.0 cm³/mol. The molecule has 0 aliphatic rings. The number of amides is 1. The van der Waals surface area contributed by atoms with E-state index in [9.17, 15) is 4.79 Å². The number of pyridine rings is 1. The molecule has 0 saturated carbocycles. The van der Waals surface area contributed by atoms with Gasteiger partial charge in [0.2, 0.25) is 5.88 Å². The van der Waals surface area contributed by atoms with Crippen molar-refractivity contribution < 1.29 is 9.53 Å². The number of rotatable bonds is 3. The molecule has 3 rings (SSSR count). The number of anilines is 2. The maximum atomic E-state index is 12.3. The fourth-order valence-corrected chi connectivity index (χ4v) is 3.02. The summed E-state index contributed by atoms with van der Waals surface area (Å²) in [5.41, 5.74) is 7.16. The summed E-state index contributed by atoms with van der Waals surface area (Å²) >= 11 is 1.38. The van der Waals surface area contributed by atoms with Crippen LogP contribution in [-0.4, -0.2) is 18.0 Å². The lowest BCUT2D eigenvalue weighted by Crippen LogP contribution is -2.12. The molecule has 0 spiro atoms. The van der Waals surface area contributed by atoms with Gasteiger partial charge in [0.1, 0.15) is 4.88 Å². The third-order valence-electron chi connectivity index (χ3n) is 3.04. The molecule has 0 aliphatic heterocycles. The van der Waals surface area contributed by atoms with Crippen molar-refractivity contribution >= 4 is 38.7 Å². The van der Waals surface area contributed by atoms with Crippen LogP contribution < -0.4 is 15.8 Å². The molecule has 0 bridgehead atoms. The number of methoxy groups -OCH3 is 1. The highest BCUT2D eigenvalue weighted by atomic mass is 32.1. The Kier molecular flexibility index (Phi) is 3.45. The highest BCUT2D eigenvalue weighted by Crippen LogP contribution is 2.33. The number of fused-ring (bicyclic) bond motifs is 1. The molecule has 5 nitrogen and oxygen atoms in total. The number of aromatic nitrogens is 1. The van der Waals surface area contributed by atoms with Crippen molar-refractivity contribution in [3.05, 3.63) is 47.5 Å². The first-order chi connectivity index (χ1) is 10.2. The number of thiophene rings is 1. The van der Waals surface area contributed by atoms with Gasteiger partial charge >= 0.3 is 0 Å². The molecule has 3 N–H and O–H groups in total. The van der Waals surface area contributed by atoms with Crippen LogP contribution in [0.15, 0.2) is 42.6 Å². The van der Waals surface area contributed by atoms with Crippen LogP contribution >= 0.6 is 11.3 Å². The van der Waals surface area contributed by atoms with Crippen LogP contribution in [0.25, 0.3) is 10.1 Å². The van der Waals surface area contributed by atoms with Gasteiger partial charge in [-0.15, -0.1) is 11.3 Å². The number of carbonyl (C=O) groups excluding carboxylic acids is 1. The number of hydrogen-bond acceptors (Lipinski definition) is 5. The summed E-state index contributed by atoms with van der Waals surface area (Å²) < 4.78 is 5.97. The van der Waals surface area contributed by atoms with Gasteiger partial charge in [-0.05, 0) is 12.1 Å². The lowest BCUT2D eigenvalue weighted by molar-refractivity contribution is 0.103. The second-order valence-corrected chi connectivity index (χ2v) is 5.44. The van der Waals surface area contributed by atoms with Crippen molar-refractivity contribution in [2.45, 2.75) is 0 Å². The van der Waals surface area contributed by atoms with E-state index in [4.69, 9.17) is 10.5 Å². The Labute approximate surface area is 125 Å². The summed E-state index contributed by atoms with van der Waals surface area (Å²) in [6.07, 6.45) is 1.54. The lowest BCUT2D eigenvalue weighted by Gasteiger charge is -2.04. The summed E-state index contributed by atoms with van der Waals surface area (Å²) in [6.45, 7) is 0. The van der Waals surface area contributed by atoms with E-state index >= 15 is 0 Å². The normalized spacial score (nSPS) is 10.5. The predicted octanol–water partition coefficient (Wildman–Crippen LogP) is 3.14. The monoisotopic (exact) mass is 299 g/mol. The van der Waals surface area contributed by atoms with E-state index in [2.05, 4.69) is 10.3 Å². The second-order valence-electron chi connectivity index (χ2n) is 4.38. The largest absolute Gasteiger partial charge is 0.481 e. The zero-order valence-electron chi connectivity index (χ0n) is 11.3. The fourth-order valence-electron chi connectivity index (χ4n) is 2.00. The van der Waals surface area contributed by atoms with Crippen molar-refractivity contribution in [3.63, 3.8) is 0 Å². The van der Waals surface area contributed by atoms with Crippen molar-refractivity contribution in [3.8, 4) is 5.88 Å². The Morgan fingerprint density at radius 3 is 2.76 bits per heavy atom. The molecule has 1 amide bonds. The minimum absolute atomic E-state index is 0.235. The minimum atomic E-state index is -0.235. The third kappa shape index (κ3) is 2.53. The summed E-state index contributed by atoms with van der Waals surface area (Å²) in [5, 5.41) is 3.69. The van der Waals surface area contributed by atoms with E-state index in [1.165, 1.54) is 11.3 Å². The highest BCUT2D eigenvalue weighted by Gasteiger charge is 2.16. The van der Waals surface area contributed by atoms with Crippen LogP contribution in [0.2, 0.25) is 0 Å². The van der Waals surface area contributed by atoms with Crippen LogP contribution in [0.5, 0.6) is 5.88 Å². The Hall–Kier alpha value is -2.60. The molecular weight excluding hydrogens is 286 g/mol. The first-order valence-corrected chi connectivity index (χ1v) is 7.09. The van der Waals surface area contributed by atoms with Gasteiger partial charge < -0.3 is 15.8 Å². The van der Waals surface area contributed by atoms with Crippen LogP contribution in [0.1, 0.15) is 9.67 Å². The van der Waals surface area contributed by atoms with E-state index in [1.54, 1.807) is 25.4 Å². The molecule has 0 fully saturated rings. The van der Waals surface area contributed by atoms with E-state index in [1.807, 2.05) is 24.3 Å². The number of nitrogens with one attached hydrogen (secondary N) is 1. The highest BCUT2D eigenvalue weighted by molar-refractivity contribution is 7.21. The van der Waals surface area contributed by atoms with Gasteiger partial charge in [0.25, 0.3) is 5.91 Å². The van der Waals surface area contributed by atoms with Crippen LogP contribution in [0.4, 0.5) is 11.4 Å². The molecule has 0 saturated heterocycles.